The van der Waals surface area contributed by atoms with Crippen molar-refractivity contribution in [2.45, 2.75) is 96.2 Å². The third-order valence-corrected chi connectivity index (χ3v) is 11.3. The van der Waals surface area contributed by atoms with Crippen molar-refractivity contribution in [2.75, 3.05) is 26.8 Å². The van der Waals surface area contributed by atoms with Crippen LogP contribution in [0, 0.1) is 5.92 Å². The summed E-state index contributed by atoms with van der Waals surface area (Å²) in [5.41, 5.74) is 1.70. The molecule has 14 heteroatoms. The Hall–Kier alpha value is -2.66. The summed E-state index contributed by atoms with van der Waals surface area (Å²) in [5.74, 6) is -2.41. The summed E-state index contributed by atoms with van der Waals surface area (Å²) in [6, 6.07) is 12.1. The minimum Gasteiger partial charge on any atom is -0.445 e. The van der Waals surface area contributed by atoms with Crippen LogP contribution in [0.15, 0.2) is 48.5 Å². The number of amides is 3. The number of likely N-dealkylation sites (N-methyl/N-ethyl adjacent to an activating group) is 1. The summed E-state index contributed by atoms with van der Waals surface area (Å²) >= 11 is 12.0. The van der Waals surface area contributed by atoms with Gasteiger partial charge < -0.3 is 34.4 Å². The molecular formula is C35H50Cl2N3O8P. The maximum atomic E-state index is 13.9. The summed E-state index contributed by atoms with van der Waals surface area (Å²) in [5, 5.41) is 18.0. The molecule has 0 aromatic heterocycles. The molecule has 2 aromatic rings. The van der Waals surface area contributed by atoms with Crippen molar-refractivity contribution in [1.82, 2.24) is 15.5 Å². The first-order chi connectivity index (χ1) is 23.4. The maximum Gasteiger partial charge on any atom is 0.408 e. The van der Waals surface area contributed by atoms with Crippen molar-refractivity contribution in [1.29, 1.82) is 0 Å². The zero-order chi connectivity index (χ0) is 35.8. The van der Waals surface area contributed by atoms with Gasteiger partial charge in [-0.2, -0.15) is 0 Å². The first-order valence-electron chi connectivity index (χ1n) is 17.0. The van der Waals surface area contributed by atoms with Crippen LogP contribution < -0.4 is 10.6 Å². The number of ether oxygens (including phenoxy) is 1. The van der Waals surface area contributed by atoms with Gasteiger partial charge in [0.25, 0.3) is 0 Å². The Kier molecular flexibility index (Phi) is 17.4. The summed E-state index contributed by atoms with van der Waals surface area (Å²) in [7, 11) is -2.45. The fourth-order valence-corrected chi connectivity index (χ4v) is 7.94. The summed E-state index contributed by atoms with van der Waals surface area (Å²) in [6.45, 7) is 3.60. The fraction of sp³-hybridized carbons (Fsp3) is 0.571. The Morgan fingerprint density at radius 1 is 0.959 bits per heavy atom. The number of alkyl carbamates (subject to hydrolysis) is 1. The standard InChI is InChI=1S/C35H50Cl2N3O8P/c1-4-47-49(45,48-5-2)34(43)30(18-19-32(41)40(3)21-20-25-14-16-28(36)17-15-25)38-33(42)31(23-26-10-7-6-8-11-26)39-35(44)46-24-27-12-9-13-29(37)22-27/h9,12-17,22,26,30-31,34,43H,4-8,10-11,18-21,23-24H2,1-3H3,(H,38,42)(H,39,44)/t30-,31-,34?/m0/s1. The van der Waals surface area contributed by atoms with Crippen LogP contribution in [0.5, 0.6) is 0 Å². The molecule has 49 heavy (non-hydrogen) atoms. The molecule has 11 nitrogen and oxygen atoms in total. The molecule has 3 N–H and O–H groups in total. The van der Waals surface area contributed by atoms with Crippen LogP contribution in [-0.4, -0.2) is 72.6 Å². The zero-order valence-electron chi connectivity index (χ0n) is 28.6. The quantitative estimate of drug-likeness (QED) is 0.129. The van der Waals surface area contributed by atoms with Gasteiger partial charge in [-0.3, -0.25) is 14.2 Å². The van der Waals surface area contributed by atoms with Crippen LogP contribution in [0.2, 0.25) is 10.0 Å². The van der Waals surface area contributed by atoms with Crippen LogP contribution in [-0.2, 0) is 41.0 Å². The molecule has 1 aliphatic carbocycles. The molecular weight excluding hydrogens is 692 g/mol. The Morgan fingerprint density at radius 3 is 2.27 bits per heavy atom. The molecule has 1 unspecified atom stereocenters. The Bertz CT molecular complexity index is 1380. The lowest BCUT2D eigenvalue weighted by Gasteiger charge is -2.32. The van der Waals surface area contributed by atoms with Crippen molar-refractivity contribution < 1.29 is 37.8 Å². The highest BCUT2D eigenvalue weighted by Gasteiger charge is 2.42. The topological polar surface area (TPSA) is 144 Å². The van der Waals surface area contributed by atoms with Crippen LogP contribution in [0.1, 0.15) is 76.3 Å². The molecule has 3 rings (SSSR count). The van der Waals surface area contributed by atoms with E-state index in [2.05, 4.69) is 10.6 Å². The summed E-state index contributed by atoms with van der Waals surface area (Å²) in [4.78, 5) is 41.6. The minimum absolute atomic E-state index is 0.00824. The summed E-state index contributed by atoms with van der Waals surface area (Å²) < 4.78 is 29.9. The van der Waals surface area contributed by atoms with Crippen LogP contribution in [0.3, 0.4) is 0 Å². The van der Waals surface area contributed by atoms with Gasteiger partial charge in [-0.15, -0.1) is 0 Å². The number of nitrogens with zero attached hydrogens (tertiary/aromatic N) is 1. The van der Waals surface area contributed by atoms with E-state index in [1.807, 2.05) is 12.1 Å². The first-order valence-corrected chi connectivity index (χ1v) is 19.3. The number of nitrogens with one attached hydrogen (secondary N) is 2. The van der Waals surface area contributed by atoms with Gasteiger partial charge in [0, 0.05) is 30.1 Å². The smallest absolute Gasteiger partial charge is 0.408 e. The fourth-order valence-electron chi connectivity index (χ4n) is 5.84. The van der Waals surface area contributed by atoms with E-state index in [0.717, 1.165) is 37.7 Å². The lowest BCUT2D eigenvalue weighted by atomic mass is 9.84. The molecule has 0 radical (unpaired) electrons. The number of aliphatic hydroxyl groups excluding tert-OH is 1. The average molecular weight is 743 g/mol. The van der Waals surface area contributed by atoms with Crippen molar-refractivity contribution in [3.63, 3.8) is 0 Å². The molecule has 0 bridgehead atoms. The van der Waals surface area contributed by atoms with Gasteiger partial charge in [-0.05, 0) is 74.4 Å². The SMILES string of the molecule is CCOP(=O)(OCC)C(O)[C@H](CCC(=O)N(C)CCc1ccc(Cl)cc1)NC(=O)[C@H](CC1CCCCC1)NC(=O)OCc1cccc(Cl)c1. The Morgan fingerprint density at radius 2 is 1.63 bits per heavy atom. The molecule has 0 spiro atoms. The number of aliphatic hydroxyl groups is 1. The van der Waals surface area contributed by atoms with Crippen molar-refractivity contribution in [2.24, 2.45) is 5.92 Å². The molecule has 3 atom stereocenters. The largest absolute Gasteiger partial charge is 0.445 e. The van der Waals surface area contributed by atoms with Gasteiger partial charge in [0.1, 0.15) is 12.6 Å². The lowest BCUT2D eigenvalue weighted by Crippen LogP contribution is -2.53. The number of hydrogen-bond acceptors (Lipinski definition) is 8. The average Bonchev–Trinajstić information content (AvgIpc) is 3.08. The van der Waals surface area contributed by atoms with Crippen LogP contribution in [0.4, 0.5) is 4.79 Å². The Labute approximate surface area is 299 Å². The highest BCUT2D eigenvalue weighted by molar-refractivity contribution is 7.54. The number of benzene rings is 2. The van der Waals surface area contributed by atoms with Crippen LogP contribution in [0.25, 0.3) is 0 Å². The third-order valence-electron chi connectivity index (χ3n) is 8.54. The zero-order valence-corrected chi connectivity index (χ0v) is 31.0. The second-order valence-corrected chi connectivity index (χ2v) is 15.3. The van der Waals surface area contributed by atoms with Crippen molar-refractivity contribution in [3.8, 4) is 0 Å². The predicted octanol–water partition coefficient (Wildman–Crippen LogP) is 7.11. The molecule has 1 aliphatic rings. The van der Waals surface area contributed by atoms with E-state index in [4.69, 9.17) is 37.0 Å². The van der Waals surface area contributed by atoms with E-state index in [-0.39, 0.29) is 44.5 Å². The third kappa shape index (κ3) is 13.9. The van der Waals surface area contributed by atoms with E-state index in [1.54, 1.807) is 62.2 Å². The van der Waals surface area contributed by atoms with Gasteiger partial charge in [0.2, 0.25) is 11.8 Å². The predicted molar refractivity (Wildman–Crippen MR) is 191 cm³/mol. The molecule has 272 valence electrons. The second kappa shape index (κ2) is 20.9. The number of hydrogen-bond donors (Lipinski definition) is 3. The molecule has 0 heterocycles. The number of halogens is 2. The number of carbonyl (C=O) groups is 3. The van der Waals surface area contributed by atoms with Gasteiger partial charge in [-0.25, -0.2) is 4.79 Å². The molecule has 0 saturated heterocycles. The maximum absolute atomic E-state index is 13.9. The first kappa shape index (κ1) is 40.8. The molecule has 1 fully saturated rings. The minimum atomic E-state index is -4.12. The number of rotatable bonds is 19. The van der Waals surface area contributed by atoms with Crippen molar-refractivity contribution in [3.05, 3.63) is 69.7 Å². The number of carbonyl (C=O) groups excluding carboxylic acids is 3. The van der Waals surface area contributed by atoms with Crippen LogP contribution >= 0.6 is 30.8 Å². The normalized spacial score (nSPS) is 15.6. The monoisotopic (exact) mass is 741 g/mol. The highest BCUT2D eigenvalue weighted by Crippen LogP contribution is 2.53. The van der Waals surface area contributed by atoms with Gasteiger partial charge >= 0.3 is 13.7 Å². The molecule has 1 saturated carbocycles. The highest BCUT2D eigenvalue weighted by atomic mass is 35.5. The van der Waals surface area contributed by atoms with E-state index in [0.29, 0.717) is 35.0 Å². The van der Waals surface area contributed by atoms with E-state index >= 15 is 0 Å². The van der Waals surface area contributed by atoms with Gasteiger partial charge in [0.15, 0.2) is 5.85 Å². The molecule has 3 amide bonds. The van der Waals surface area contributed by atoms with Gasteiger partial charge in [0.05, 0.1) is 19.3 Å². The van der Waals surface area contributed by atoms with E-state index in [1.165, 1.54) is 0 Å². The lowest BCUT2D eigenvalue weighted by molar-refractivity contribution is -0.131. The molecule has 2 aromatic carbocycles. The summed E-state index contributed by atoms with van der Waals surface area (Å²) in [6.07, 6.45) is 5.03. The van der Waals surface area contributed by atoms with E-state index in [9.17, 15) is 24.1 Å². The second-order valence-electron chi connectivity index (χ2n) is 12.3. The Balaban J connectivity index is 1.74. The van der Waals surface area contributed by atoms with Crippen molar-refractivity contribution >= 4 is 48.7 Å². The van der Waals surface area contributed by atoms with E-state index < -0.39 is 37.5 Å². The van der Waals surface area contributed by atoms with Gasteiger partial charge in [-0.1, -0.05) is 79.6 Å². The molecule has 0 aliphatic heterocycles.